The SMILES string of the molecule is CCNC(=NCc1cccc(OCC(F)F)c1)NCC1(CCO)CCCCC1.I. The predicted octanol–water partition coefficient (Wildman–Crippen LogP) is 4.34. The fourth-order valence-corrected chi connectivity index (χ4v) is 3.73. The van der Waals surface area contributed by atoms with E-state index in [1.807, 2.05) is 13.0 Å². The molecule has 29 heavy (non-hydrogen) atoms. The largest absolute Gasteiger partial charge is 0.488 e. The van der Waals surface area contributed by atoms with Crippen molar-refractivity contribution in [3.05, 3.63) is 29.8 Å². The Morgan fingerprint density at radius 2 is 2.00 bits per heavy atom. The van der Waals surface area contributed by atoms with Crippen LogP contribution in [0.4, 0.5) is 8.78 Å². The third-order valence-electron chi connectivity index (χ3n) is 5.23. The van der Waals surface area contributed by atoms with Gasteiger partial charge in [0.15, 0.2) is 5.96 Å². The van der Waals surface area contributed by atoms with Crippen LogP contribution in [0.25, 0.3) is 0 Å². The van der Waals surface area contributed by atoms with Gasteiger partial charge in [0.25, 0.3) is 6.43 Å². The summed E-state index contributed by atoms with van der Waals surface area (Å²) in [5.74, 6) is 1.15. The van der Waals surface area contributed by atoms with Crippen molar-refractivity contribution in [1.29, 1.82) is 0 Å². The number of nitrogens with zero attached hydrogens (tertiary/aromatic N) is 1. The van der Waals surface area contributed by atoms with Gasteiger partial charge in [-0.05, 0) is 49.3 Å². The molecule has 0 heterocycles. The van der Waals surface area contributed by atoms with Gasteiger partial charge in [-0.2, -0.15) is 0 Å². The van der Waals surface area contributed by atoms with E-state index < -0.39 is 13.0 Å². The van der Waals surface area contributed by atoms with Crippen LogP contribution in [0.2, 0.25) is 0 Å². The lowest BCUT2D eigenvalue weighted by molar-refractivity contribution is 0.0818. The quantitative estimate of drug-likeness (QED) is 0.242. The van der Waals surface area contributed by atoms with Gasteiger partial charge in [0.05, 0.1) is 6.54 Å². The molecule has 1 fully saturated rings. The Hall–Kier alpha value is -1.16. The molecule has 5 nitrogen and oxygen atoms in total. The summed E-state index contributed by atoms with van der Waals surface area (Å²) in [6.07, 6.45) is 4.26. The van der Waals surface area contributed by atoms with Gasteiger partial charge in [-0.25, -0.2) is 13.8 Å². The van der Waals surface area contributed by atoms with Crippen LogP contribution in [-0.2, 0) is 6.54 Å². The number of ether oxygens (including phenoxy) is 1. The molecule has 166 valence electrons. The number of alkyl halides is 2. The van der Waals surface area contributed by atoms with Crippen molar-refractivity contribution in [2.24, 2.45) is 10.4 Å². The zero-order valence-electron chi connectivity index (χ0n) is 17.1. The molecule has 0 spiro atoms. The fraction of sp³-hybridized carbons (Fsp3) is 0.667. The Labute approximate surface area is 189 Å². The van der Waals surface area contributed by atoms with Crippen LogP contribution in [0.15, 0.2) is 29.3 Å². The second kappa shape index (κ2) is 14.0. The lowest BCUT2D eigenvalue weighted by Gasteiger charge is -2.37. The van der Waals surface area contributed by atoms with Crippen molar-refractivity contribution in [3.8, 4) is 5.75 Å². The van der Waals surface area contributed by atoms with Gasteiger partial charge >= 0.3 is 0 Å². The number of hydrogen-bond donors (Lipinski definition) is 3. The van der Waals surface area contributed by atoms with Gasteiger partial charge in [-0.15, -0.1) is 24.0 Å². The summed E-state index contributed by atoms with van der Waals surface area (Å²) in [5.41, 5.74) is 1.03. The van der Waals surface area contributed by atoms with E-state index in [0.717, 1.165) is 43.9 Å². The molecule has 0 saturated heterocycles. The first-order chi connectivity index (χ1) is 13.6. The number of guanidine groups is 1. The Bertz CT molecular complexity index is 606. The molecule has 8 heteroatoms. The van der Waals surface area contributed by atoms with E-state index in [-0.39, 0.29) is 36.0 Å². The van der Waals surface area contributed by atoms with Gasteiger partial charge in [-0.3, -0.25) is 0 Å². The molecule has 0 atom stereocenters. The Kier molecular flexibility index (Phi) is 12.4. The maximum atomic E-state index is 12.3. The van der Waals surface area contributed by atoms with Gasteiger partial charge < -0.3 is 20.5 Å². The summed E-state index contributed by atoms with van der Waals surface area (Å²) >= 11 is 0. The first-order valence-corrected chi connectivity index (χ1v) is 10.2. The lowest BCUT2D eigenvalue weighted by atomic mass is 9.72. The third kappa shape index (κ3) is 9.46. The van der Waals surface area contributed by atoms with Gasteiger partial charge in [0.2, 0.25) is 0 Å². The number of hydrogen-bond acceptors (Lipinski definition) is 3. The van der Waals surface area contributed by atoms with E-state index in [9.17, 15) is 13.9 Å². The molecule has 0 radical (unpaired) electrons. The maximum absolute atomic E-state index is 12.3. The molecule has 0 aliphatic heterocycles. The highest BCUT2D eigenvalue weighted by atomic mass is 127. The third-order valence-corrected chi connectivity index (χ3v) is 5.23. The van der Waals surface area contributed by atoms with Gasteiger partial charge in [0.1, 0.15) is 12.4 Å². The van der Waals surface area contributed by atoms with Gasteiger partial charge in [-0.1, -0.05) is 31.4 Å². The second-order valence-electron chi connectivity index (χ2n) is 7.43. The molecule has 1 aliphatic rings. The molecule has 0 bridgehead atoms. The van der Waals surface area contributed by atoms with E-state index in [0.29, 0.717) is 12.3 Å². The minimum absolute atomic E-state index is 0. The van der Waals surface area contributed by atoms with E-state index in [1.165, 1.54) is 19.3 Å². The molecule has 0 aromatic heterocycles. The average molecular weight is 525 g/mol. The summed E-state index contributed by atoms with van der Waals surface area (Å²) in [7, 11) is 0. The summed E-state index contributed by atoms with van der Waals surface area (Å²) in [6.45, 7) is 3.58. The Morgan fingerprint density at radius 3 is 2.66 bits per heavy atom. The molecular formula is C21H34F2IN3O2. The van der Waals surface area contributed by atoms with Crippen molar-refractivity contribution >= 4 is 29.9 Å². The molecule has 2 rings (SSSR count). The van der Waals surface area contributed by atoms with Crippen molar-refractivity contribution in [2.45, 2.75) is 58.4 Å². The van der Waals surface area contributed by atoms with Crippen LogP contribution < -0.4 is 15.4 Å². The minimum Gasteiger partial charge on any atom is -0.488 e. The highest BCUT2D eigenvalue weighted by molar-refractivity contribution is 14.0. The van der Waals surface area contributed by atoms with Crippen LogP contribution in [0.3, 0.4) is 0 Å². The number of nitrogens with one attached hydrogen (secondary N) is 2. The monoisotopic (exact) mass is 525 g/mol. The lowest BCUT2D eigenvalue weighted by Crippen LogP contribution is -2.44. The maximum Gasteiger partial charge on any atom is 0.272 e. The molecular weight excluding hydrogens is 491 g/mol. The normalized spacial score (nSPS) is 16.2. The molecule has 0 amide bonds. The van der Waals surface area contributed by atoms with Crippen LogP contribution in [-0.4, -0.2) is 43.8 Å². The van der Waals surface area contributed by atoms with Crippen LogP contribution in [0.5, 0.6) is 5.75 Å². The van der Waals surface area contributed by atoms with Crippen LogP contribution >= 0.6 is 24.0 Å². The Morgan fingerprint density at radius 1 is 1.24 bits per heavy atom. The molecule has 1 saturated carbocycles. The first kappa shape index (κ1) is 25.9. The number of benzene rings is 1. The topological polar surface area (TPSA) is 65.9 Å². The number of aliphatic hydroxyl groups excluding tert-OH is 1. The minimum atomic E-state index is -2.49. The molecule has 3 N–H and O–H groups in total. The fourth-order valence-electron chi connectivity index (χ4n) is 3.73. The summed E-state index contributed by atoms with van der Waals surface area (Å²) in [6, 6.07) is 7.09. The number of halogens is 3. The zero-order valence-corrected chi connectivity index (χ0v) is 19.5. The summed E-state index contributed by atoms with van der Waals surface area (Å²) in [4.78, 5) is 4.62. The van der Waals surface area contributed by atoms with E-state index in [1.54, 1.807) is 18.2 Å². The van der Waals surface area contributed by atoms with Crippen molar-refractivity contribution in [1.82, 2.24) is 10.6 Å². The van der Waals surface area contributed by atoms with E-state index in [2.05, 4.69) is 15.6 Å². The molecule has 1 aromatic rings. The first-order valence-electron chi connectivity index (χ1n) is 10.2. The second-order valence-corrected chi connectivity index (χ2v) is 7.43. The molecule has 1 aliphatic carbocycles. The smallest absolute Gasteiger partial charge is 0.272 e. The Balaban J connectivity index is 0.00000420. The van der Waals surface area contributed by atoms with E-state index >= 15 is 0 Å². The standard InChI is InChI=1S/C21H33F2N3O2.HI/c1-2-24-20(26-16-21(11-12-27)9-4-3-5-10-21)25-14-17-7-6-8-18(13-17)28-15-19(22)23;/h6-8,13,19,27H,2-5,9-12,14-16H2,1H3,(H2,24,25,26);1H. The zero-order chi connectivity index (χ0) is 20.2. The van der Waals surface area contributed by atoms with Crippen molar-refractivity contribution < 1.29 is 18.6 Å². The number of aliphatic imine (C=N–C) groups is 1. The van der Waals surface area contributed by atoms with Crippen molar-refractivity contribution in [3.63, 3.8) is 0 Å². The average Bonchev–Trinajstić information content (AvgIpc) is 2.70. The van der Waals surface area contributed by atoms with Crippen molar-refractivity contribution in [2.75, 3.05) is 26.3 Å². The van der Waals surface area contributed by atoms with Crippen LogP contribution in [0.1, 0.15) is 51.0 Å². The molecule has 0 unspecified atom stereocenters. The highest BCUT2D eigenvalue weighted by Crippen LogP contribution is 2.38. The predicted molar refractivity (Wildman–Crippen MR) is 123 cm³/mol. The number of aliphatic hydroxyl groups is 1. The van der Waals surface area contributed by atoms with Crippen LogP contribution in [0, 0.1) is 5.41 Å². The van der Waals surface area contributed by atoms with E-state index in [4.69, 9.17) is 4.74 Å². The summed E-state index contributed by atoms with van der Waals surface area (Å²) in [5, 5.41) is 16.2. The van der Waals surface area contributed by atoms with Gasteiger partial charge in [0, 0.05) is 19.7 Å². The number of rotatable bonds is 10. The summed E-state index contributed by atoms with van der Waals surface area (Å²) < 4.78 is 29.7. The highest BCUT2D eigenvalue weighted by Gasteiger charge is 2.31. The molecule has 1 aromatic carbocycles.